The lowest BCUT2D eigenvalue weighted by Crippen LogP contribution is -2.06. The number of hydrogen-bond acceptors (Lipinski definition) is 3. The van der Waals surface area contributed by atoms with E-state index in [1.165, 1.54) is 0 Å². The molecule has 2 rings (SSSR count). The summed E-state index contributed by atoms with van der Waals surface area (Å²) in [5.41, 5.74) is 1.01. The molecule has 17 heavy (non-hydrogen) atoms. The molecule has 2 N–H and O–H groups in total. The Morgan fingerprint density at radius 3 is 2.88 bits per heavy atom. The van der Waals surface area contributed by atoms with Gasteiger partial charge in [0.1, 0.15) is 0 Å². The van der Waals surface area contributed by atoms with Crippen molar-refractivity contribution in [3.63, 3.8) is 0 Å². The van der Waals surface area contributed by atoms with E-state index < -0.39 is 12.1 Å². The van der Waals surface area contributed by atoms with Crippen LogP contribution in [0, 0.1) is 0 Å². The van der Waals surface area contributed by atoms with Crippen molar-refractivity contribution in [1.82, 2.24) is 4.98 Å². The van der Waals surface area contributed by atoms with Crippen LogP contribution in [-0.4, -0.2) is 21.2 Å². The first-order chi connectivity index (χ1) is 8.09. The molecule has 0 bridgehead atoms. The van der Waals surface area contributed by atoms with Gasteiger partial charge >= 0.3 is 5.97 Å². The molecule has 2 aromatic rings. The molecule has 4 nitrogen and oxygen atoms in total. The van der Waals surface area contributed by atoms with Gasteiger partial charge in [-0.05, 0) is 18.2 Å². The van der Waals surface area contributed by atoms with Gasteiger partial charge in [-0.2, -0.15) is 0 Å². The van der Waals surface area contributed by atoms with Crippen molar-refractivity contribution >= 4 is 28.5 Å². The fraction of sp³-hybridized carbons (Fsp3) is 0.167. The Morgan fingerprint density at radius 2 is 2.18 bits per heavy atom. The van der Waals surface area contributed by atoms with E-state index in [0.717, 1.165) is 0 Å². The number of aliphatic hydroxyl groups excluding tert-OH is 1. The van der Waals surface area contributed by atoms with Crippen LogP contribution in [0.4, 0.5) is 0 Å². The molecule has 1 unspecified atom stereocenters. The van der Waals surface area contributed by atoms with Gasteiger partial charge in [-0.15, -0.1) is 0 Å². The van der Waals surface area contributed by atoms with Gasteiger partial charge in [-0.3, -0.25) is 9.78 Å². The van der Waals surface area contributed by atoms with Crippen LogP contribution in [0.3, 0.4) is 0 Å². The average molecular weight is 252 g/mol. The zero-order valence-electron chi connectivity index (χ0n) is 8.80. The number of nitrogens with zero attached hydrogens (tertiary/aromatic N) is 1. The largest absolute Gasteiger partial charge is 0.481 e. The van der Waals surface area contributed by atoms with Gasteiger partial charge in [0.25, 0.3) is 0 Å². The molecule has 1 aromatic carbocycles. The molecule has 0 aliphatic rings. The summed E-state index contributed by atoms with van der Waals surface area (Å²) in [4.78, 5) is 14.7. The maximum absolute atomic E-state index is 10.6. The Balaban J connectivity index is 2.55. The van der Waals surface area contributed by atoms with Crippen molar-refractivity contribution in [2.75, 3.05) is 0 Å². The second-order valence-electron chi connectivity index (χ2n) is 3.65. The van der Waals surface area contributed by atoms with E-state index in [4.69, 9.17) is 16.7 Å². The van der Waals surface area contributed by atoms with Crippen LogP contribution >= 0.6 is 11.6 Å². The molecular formula is C12H10ClNO3. The zero-order chi connectivity index (χ0) is 12.4. The zero-order valence-corrected chi connectivity index (χ0v) is 9.55. The minimum Gasteiger partial charge on any atom is -0.481 e. The third-order valence-electron chi connectivity index (χ3n) is 2.47. The summed E-state index contributed by atoms with van der Waals surface area (Å²) in [5.74, 6) is -1.06. The van der Waals surface area contributed by atoms with Crippen LogP contribution in [0.1, 0.15) is 18.1 Å². The lowest BCUT2D eigenvalue weighted by Gasteiger charge is -2.11. The second kappa shape index (κ2) is 4.69. The molecule has 0 amide bonds. The average Bonchev–Trinajstić information content (AvgIpc) is 2.29. The molecule has 0 saturated heterocycles. The van der Waals surface area contributed by atoms with E-state index in [0.29, 0.717) is 21.5 Å². The maximum Gasteiger partial charge on any atom is 0.306 e. The van der Waals surface area contributed by atoms with E-state index in [1.807, 2.05) is 0 Å². The van der Waals surface area contributed by atoms with E-state index in [1.54, 1.807) is 30.5 Å². The third kappa shape index (κ3) is 2.38. The summed E-state index contributed by atoms with van der Waals surface area (Å²) < 4.78 is 0. The number of carboxylic acids is 1. The Bertz CT molecular complexity index is 571. The summed E-state index contributed by atoms with van der Waals surface area (Å²) in [6, 6.07) is 6.75. The minimum atomic E-state index is -1.08. The minimum absolute atomic E-state index is 0.354. The van der Waals surface area contributed by atoms with Crippen LogP contribution in [0.25, 0.3) is 10.9 Å². The topological polar surface area (TPSA) is 70.4 Å². The van der Waals surface area contributed by atoms with Crippen molar-refractivity contribution < 1.29 is 15.0 Å². The van der Waals surface area contributed by atoms with Crippen LogP contribution < -0.4 is 0 Å². The van der Waals surface area contributed by atoms with Crippen molar-refractivity contribution in [1.29, 1.82) is 0 Å². The predicted molar refractivity (Wildman–Crippen MR) is 64.0 cm³/mol. The molecule has 0 radical (unpaired) electrons. The summed E-state index contributed by atoms with van der Waals surface area (Å²) in [6.07, 6.45) is 0.144. The number of aliphatic carboxylic acids is 1. The summed E-state index contributed by atoms with van der Waals surface area (Å²) in [6.45, 7) is 0. The van der Waals surface area contributed by atoms with E-state index >= 15 is 0 Å². The van der Waals surface area contributed by atoms with Crippen LogP contribution in [-0.2, 0) is 4.79 Å². The summed E-state index contributed by atoms with van der Waals surface area (Å²) in [7, 11) is 0. The fourth-order valence-corrected chi connectivity index (χ4v) is 1.92. The number of fused-ring (bicyclic) bond motifs is 1. The Morgan fingerprint density at radius 1 is 1.41 bits per heavy atom. The van der Waals surface area contributed by atoms with Crippen LogP contribution in [0.5, 0.6) is 0 Å². The Hall–Kier alpha value is -1.65. The van der Waals surface area contributed by atoms with Crippen molar-refractivity contribution in [2.24, 2.45) is 0 Å². The second-order valence-corrected chi connectivity index (χ2v) is 4.06. The monoisotopic (exact) mass is 251 g/mol. The Kier molecular flexibility index (Phi) is 3.26. The first-order valence-corrected chi connectivity index (χ1v) is 5.40. The highest BCUT2D eigenvalue weighted by Gasteiger charge is 2.16. The molecular weight excluding hydrogens is 242 g/mol. The number of halogens is 1. The standard InChI is InChI=1S/C12H10ClNO3/c13-9-4-3-8(10(15)6-11(16)17)12-7(9)2-1-5-14-12/h1-5,10,15H,6H2,(H,16,17). The van der Waals surface area contributed by atoms with Gasteiger partial charge in [-0.25, -0.2) is 0 Å². The number of carbonyl (C=O) groups is 1. The fourth-order valence-electron chi connectivity index (χ4n) is 1.70. The number of benzene rings is 1. The van der Waals surface area contributed by atoms with Crippen molar-refractivity contribution in [2.45, 2.75) is 12.5 Å². The van der Waals surface area contributed by atoms with Gasteiger partial charge in [0.15, 0.2) is 0 Å². The number of hydrogen-bond donors (Lipinski definition) is 2. The van der Waals surface area contributed by atoms with Gasteiger partial charge in [0.2, 0.25) is 0 Å². The number of aliphatic hydroxyl groups is 1. The highest BCUT2D eigenvalue weighted by Crippen LogP contribution is 2.29. The smallest absolute Gasteiger partial charge is 0.306 e. The van der Waals surface area contributed by atoms with Gasteiger partial charge in [0, 0.05) is 22.2 Å². The third-order valence-corrected chi connectivity index (χ3v) is 2.80. The lowest BCUT2D eigenvalue weighted by atomic mass is 10.0. The highest BCUT2D eigenvalue weighted by atomic mass is 35.5. The number of carboxylic acid groups (broad SMARTS) is 1. The first kappa shape index (κ1) is 11.8. The predicted octanol–water partition coefficient (Wildman–Crippen LogP) is 2.40. The van der Waals surface area contributed by atoms with Crippen molar-refractivity contribution in [3.05, 3.63) is 41.0 Å². The maximum atomic E-state index is 10.6. The Labute approximate surface area is 102 Å². The van der Waals surface area contributed by atoms with E-state index in [9.17, 15) is 9.90 Å². The van der Waals surface area contributed by atoms with Crippen LogP contribution in [0.15, 0.2) is 30.5 Å². The van der Waals surface area contributed by atoms with E-state index in [-0.39, 0.29) is 6.42 Å². The number of rotatable bonds is 3. The molecule has 0 aliphatic carbocycles. The van der Waals surface area contributed by atoms with Gasteiger partial charge in [0.05, 0.1) is 18.0 Å². The molecule has 88 valence electrons. The van der Waals surface area contributed by atoms with Gasteiger partial charge < -0.3 is 10.2 Å². The van der Waals surface area contributed by atoms with Gasteiger partial charge in [-0.1, -0.05) is 17.7 Å². The molecule has 1 heterocycles. The van der Waals surface area contributed by atoms with E-state index in [2.05, 4.69) is 4.98 Å². The van der Waals surface area contributed by atoms with Crippen LogP contribution in [0.2, 0.25) is 5.02 Å². The SMILES string of the molecule is O=C(O)CC(O)c1ccc(Cl)c2cccnc12. The molecule has 1 aromatic heterocycles. The molecule has 0 aliphatic heterocycles. The quantitative estimate of drug-likeness (QED) is 0.879. The number of pyridine rings is 1. The molecule has 0 spiro atoms. The molecule has 0 fully saturated rings. The highest BCUT2D eigenvalue weighted by molar-refractivity contribution is 6.35. The summed E-state index contributed by atoms with van der Waals surface area (Å²) >= 11 is 6.00. The summed E-state index contributed by atoms with van der Waals surface area (Å²) in [5, 5.41) is 19.7. The van der Waals surface area contributed by atoms with Crippen molar-refractivity contribution in [3.8, 4) is 0 Å². The number of aromatic nitrogens is 1. The molecule has 0 saturated carbocycles. The molecule has 1 atom stereocenters. The molecule has 5 heteroatoms. The normalized spacial score (nSPS) is 12.6. The lowest BCUT2D eigenvalue weighted by molar-refractivity contribution is -0.139. The first-order valence-electron chi connectivity index (χ1n) is 5.02.